The lowest BCUT2D eigenvalue weighted by Gasteiger charge is -2.15. The van der Waals surface area contributed by atoms with Crippen molar-refractivity contribution in [3.8, 4) is 0 Å². The number of rotatable bonds is 4. The van der Waals surface area contributed by atoms with E-state index in [4.69, 9.17) is 5.73 Å². The van der Waals surface area contributed by atoms with Gasteiger partial charge in [-0.1, -0.05) is 13.3 Å². The van der Waals surface area contributed by atoms with Crippen LogP contribution >= 0.6 is 0 Å². The molecule has 0 rings (SSSR count). The maximum Gasteiger partial charge on any atom is 0.251 e. The van der Waals surface area contributed by atoms with E-state index in [-0.39, 0.29) is 11.9 Å². The number of nitrogens with zero attached hydrogens (tertiary/aromatic N) is 1. The second-order valence-electron chi connectivity index (χ2n) is 2.77. The Bertz CT molecular complexity index is 125. The van der Waals surface area contributed by atoms with Crippen LogP contribution < -0.4 is 11.2 Å². The van der Waals surface area contributed by atoms with E-state index in [9.17, 15) is 4.79 Å². The molecule has 0 fully saturated rings. The van der Waals surface area contributed by atoms with E-state index in [0.29, 0.717) is 0 Å². The summed E-state index contributed by atoms with van der Waals surface area (Å²) in [5, 5.41) is 1.60. The molecule has 0 radical (unpaired) electrons. The molecule has 11 heavy (non-hydrogen) atoms. The van der Waals surface area contributed by atoms with Gasteiger partial charge in [0, 0.05) is 14.1 Å². The number of hydrogen-bond donors (Lipinski definition) is 2. The van der Waals surface area contributed by atoms with Crippen molar-refractivity contribution in [2.24, 2.45) is 5.73 Å². The number of nitrogens with one attached hydrogen (secondary N) is 1. The molecule has 1 amide bonds. The summed E-state index contributed by atoms with van der Waals surface area (Å²) in [5.74, 6) is -0.114. The van der Waals surface area contributed by atoms with Crippen LogP contribution in [0.5, 0.6) is 0 Å². The Hall–Kier alpha value is -0.610. The van der Waals surface area contributed by atoms with Gasteiger partial charge in [-0.2, -0.15) is 0 Å². The number of hydrogen-bond acceptors (Lipinski definition) is 3. The molecule has 0 saturated heterocycles. The minimum atomic E-state index is -0.373. The van der Waals surface area contributed by atoms with Crippen molar-refractivity contribution < 1.29 is 4.79 Å². The van der Waals surface area contributed by atoms with E-state index in [1.165, 1.54) is 0 Å². The number of carbonyl (C=O) groups excluding carboxylic acids is 1. The fourth-order valence-electron chi connectivity index (χ4n) is 0.745. The molecule has 0 aliphatic heterocycles. The van der Waals surface area contributed by atoms with Crippen LogP contribution in [0.15, 0.2) is 0 Å². The molecule has 0 bridgehead atoms. The number of nitrogens with two attached hydrogens (primary N) is 1. The number of amides is 1. The highest BCUT2D eigenvalue weighted by Crippen LogP contribution is 1.92. The SMILES string of the molecule is CCC[C@H](N)C(=O)NN(C)C. The van der Waals surface area contributed by atoms with Gasteiger partial charge >= 0.3 is 0 Å². The maximum atomic E-state index is 11.1. The quantitative estimate of drug-likeness (QED) is 0.554. The van der Waals surface area contributed by atoms with Crippen LogP contribution in [0, 0.1) is 0 Å². The fourth-order valence-corrected chi connectivity index (χ4v) is 0.745. The first-order valence-corrected chi connectivity index (χ1v) is 3.81. The molecule has 4 heteroatoms. The summed E-state index contributed by atoms with van der Waals surface area (Å²) in [6.07, 6.45) is 1.67. The standard InChI is InChI=1S/C7H17N3O/c1-4-5-6(8)7(11)9-10(2)3/h6H,4-5,8H2,1-3H3,(H,9,11)/t6-/m0/s1. The van der Waals surface area contributed by atoms with Gasteiger partial charge in [0.25, 0.3) is 5.91 Å². The van der Waals surface area contributed by atoms with Gasteiger partial charge in [-0.25, -0.2) is 5.01 Å². The molecule has 3 N–H and O–H groups in total. The highest BCUT2D eigenvalue weighted by atomic mass is 16.2. The average Bonchev–Trinajstić information content (AvgIpc) is 1.86. The van der Waals surface area contributed by atoms with Crippen molar-refractivity contribution in [2.75, 3.05) is 14.1 Å². The van der Waals surface area contributed by atoms with Crippen LogP contribution in [-0.2, 0) is 4.79 Å². The normalized spacial score (nSPS) is 13.2. The van der Waals surface area contributed by atoms with Gasteiger partial charge in [-0.3, -0.25) is 10.2 Å². The van der Waals surface area contributed by atoms with Crippen molar-refractivity contribution in [3.05, 3.63) is 0 Å². The third kappa shape index (κ3) is 4.75. The highest BCUT2D eigenvalue weighted by molar-refractivity contribution is 5.80. The molecule has 0 aliphatic carbocycles. The highest BCUT2D eigenvalue weighted by Gasteiger charge is 2.11. The van der Waals surface area contributed by atoms with Crippen molar-refractivity contribution in [3.63, 3.8) is 0 Å². The molecule has 0 aromatic carbocycles. The number of carbonyl (C=O) groups is 1. The van der Waals surface area contributed by atoms with E-state index < -0.39 is 0 Å². The minimum Gasteiger partial charge on any atom is -0.320 e. The average molecular weight is 159 g/mol. The van der Waals surface area contributed by atoms with E-state index >= 15 is 0 Å². The Morgan fingerprint density at radius 2 is 2.18 bits per heavy atom. The van der Waals surface area contributed by atoms with Gasteiger partial charge in [0.05, 0.1) is 6.04 Å². The van der Waals surface area contributed by atoms with Crippen molar-refractivity contribution in [2.45, 2.75) is 25.8 Å². The Morgan fingerprint density at radius 3 is 2.55 bits per heavy atom. The summed E-state index contributed by atoms with van der Waals surface area (Å²) in [4.78, 5) is 11.1. The minimum absolute atomic E-state index is 0.114. The summed E-state index contributed by atoms with van der Waals surface area (Å²) in [7, 11) is 3.52. The summed E-state index contributed by atoms with van der Waals surface area (Å²) in [6.45, 7) is 2.00. The van der Waals surface area contributed by atoms with E-state index in [2.05, 4.69) is 5.43 Å². The van der Waals surface area contributed by atoms with Crippen molar-refractivity contribution >= 4 is 5.91 Å². The molecular weight excluding hydrogens is 142 g/mol. The lowest BCUT2D eigenvalue weighted by atomic mass is 10.2. The van der Waals surface area contributed by atoms with Crippen molar-refractivity contribution in [1.29, 1.82) is 0 Å². The van der Waals surface area contributed by atoms with Gasteiger partial charge in [0.15, 0.2) is 0 Å². The molecule has 0 unspecified atom stereocenters. The zero-order chi connectivity index (χ0) is 8.85. The summed E-state index contributed by atoms with van der Waals surface area (Å²) < 4.78 is 0. The lowest BCUT2D eigenvalue weighted by molar-refractivity contribution is -0.126. The van der Waals surface area contributed by atoms with Gasteiger partial charge in [0.2, 0.25) is 0 Å². The molecule has 0 aromatic rings. The predicted octanol–water partition coefficient (Wildman–Crippen LogP) is -0.293. The molecule has 0 heterocycles. The van der Waals surface area contributed by atoms with Gasteiger partial charge in [0.1, 0.15) is 0 Å². The monoisotopic (exact) mass is 159 g/mol. The molecule has 0 aliphatic rings. The van der Waals surface area contributed by atoms with Crippen LogP contribution in [0.2, 0.25) is 0 Å². The summed E-state index contributed by atoms with van der Waals surface area (Å²) >= 11 is 0. The second-order valence-corrected chi connectivity index (χ2v) is 2.77. The zero-order valence-corrected chi connectivity index (χ0v) is 7.42. The Balaban J connectivity index is 3.64. The Kier molecular flexibility index (Phi) is 4.81. The van der Waals surface area contributed by atoms with Crippen LogP contribution in [0.25, 0.3) is 0 Å². The lowest BCUT2D eigenvalue weighted by Crippen LogP contribution is -2.46. The summed E-state index contributed by atoms with van der Waals surface area (Å²) in [5.41, 5.74) is 8.13. The largest absolute Gasteiger partial charge is 0.320 e. The molecule has 0 saturated carbocycles. The first-order valence-electron chi connectivity index (χ1n) is 3.81. The van der Waals surface area contributed by atoms with Crippen LogP contribution in [0.1, 0.15) is 19.8 Å². The van der Waals surface area contributed by atoms with Crippen LogP contribution in [-0.4, -0.2) is 31.1 Å². The van der Waals surface area contributed by atoms with E-state index in [0.717, 1.165) is 12.8 Å². The van der Waals surface area contributed by atoms with E-state index in [1.54, 1.807) is 19.1 Å². The van der Waals surface area contributed by atoms with E-state index in [1.807, 2.05) is 6.92 Å². The van der Waals surface area contributed by atoms with Gasteiger partial charge < -0.3 is 5.73 Å². The smallest absolute Gasteiger partial charge is 0.251 e. The zero-order valence-electron chi connectivity index (χ0n) is 7.42. The third-order valence-electron chi connectivity index (χ3n) is 1.27. The first-order chi connectivity index (χ1) is 5.07. The van der Waals surface area contributed by atoms with Crippen molar-refractivity contribution in [1.82, 2.24) is 10.4 Å². The Labute approximate surface area is 67.7 Å². The predicted molar refractivity (Wildman–Crippen MR) is 44.7 cm³/mol. The van der Waals surface area contributed by atoms with Crippen LogP contribution in [0.4, 0.5) is 0 Å². The maximum absolute atomic E-state index is 11.1. The molecule has 4 nitrogen and oxygen atoms in total. The number of hydrazine groups is 1. The topological polar surface area (TPSA) is 58.4 Å². The summed E-state index contributed by atoms with van der Waals surface area (Å²) in [6, 6.07) is -0.373. The first kappa shape index (κ1) is 10.4. The molecule has 0 spiro atoms. The molecular formula is C7H17N3O. The van der Waals surface area contributed by atoms with Gasteiger partial charge in [-0.05, 0) is 6.42 Å². The van der Waals surface area contributed by atoms with Gasteiger partial charge in [-0.15, -0.1) is 0 Å². The fraction of sp³-hybridized carbons (Fsp3) is 0.857. The molecule has 0 aromatic heterocycles. The molecule has 1 atom stereocenters. The second kappa shape index (κ2) is 5.09. The molecule has 66 valence electrons. The third-order valence-corrected chi connectivity index (χ3v) is 1.27. The Morgan fingerprint density at radius 1 is 1.64 bits per heavy atom. The van der Waals surface area contributed by atoms with Crippen LogP contribution in [0.3, 0.4) is 0 Å².